The Labute approximate surface area is 182 Å². The maximum atomic E-state index is 10.8. The predicted molar refractivity (Wildman–Crippen MR) is 123 cm³/mol. The number of aryl methyl sites for hydroxylation is 1. The summed E-state index contributed by atoms with van der Waals surface area (Å²) >= 11 is 0. The maximum absolute atomic E-state index is 10.8. The summed E-state index contributed by atoms with van der Waals surface area (Å²) in [7, 11) is 0. The van der Waals surface area contributed by atoms with Gasteiger partial charge in [0, 0.05) is 0 Å². The van der Waals surface area contributed by atoms with E-state index in [2.05, 4.69) is 60.6 Å². The van der Waals surface area contributed by atoms with Crippen molar-refractivity contribution in [1.29, 1.82) is 0 Å². The van der Waals surface area contributed by atoms with Crippen molar-refractivity contribution in [3.05, 3.63) is 89.5 Å². The van der Waals surface area contributed by atoms with Crippen molar-refractivity contribution in [1.82, 2.24) is 0 Å². The van der Waals surface area contributed by atoms with Crippen LogP contribution >= 0.6 is 0 Å². The lowest BCUT2D eigenvalue weighted by Crippen LogP contribution is -2.07. The Morgan fingerprint density at radius 2 is 1.71 bits per heavy atom. The summed E-state index contributed by atoms with van der Waals surface area (Å²) in [4.78, 5) is 16.3. The molecule has 0 aliphatic rings. The molecule has 0 radical (unpaired) electrons. The van der Waals surface area contributed by atoms with E-state index in [-0.39, 0.29) is 6.42 Å². The fourth-order valence-corrected chi connectivity index (χ4v) is 3.24. The van der Waals surface area contributed by atoms with Gasteiger partial charge in [-0.1, -0.05) is 78.3 Å². The molecule has 0 heterocycles. The zero-order chi connectivity index (χ0) is 22.1. The van der Waals surface area contributed by atoms with Gasteiger partial charge in [0.15, 0.2) is 6.61 Å². The molecular formula is C26H27NO4. The summed E-state index contributed by atoms with van der Waals surface area (Å²) in [6, 6.07) is 23.8. The zero-order valence-electron chi connectivity index (χ0n) is 17.9. The van der Waals surface area contributed by atoms with Crippen LogP contribution in [0.5, 0.6) is 5.75 Å². The molecule has 3 rings (SSSR count). The Hall–Kier alpha value is -3.60. The number of ether oxygens (including phenoxy) is 1. The normalized spacial score (nSPS) is 11.2. The smallest absolute Gasteiger partial charge is 0.307 e. The van der Waals surface area contributed by atoms with Gasteiger partial charge in [-0.25, -0.2) is 0 Å². The van der Waals surface area contributed by atoms with Crippen LogP contribution in [0, 0.1) is 6.92 Å². The van der Waals surface area contributed by atoms with Crippen LogP contribution in [0.2, 0.25) is 0 Å². The topological polar surface area (TPSA) is 68.1 Å². The molecule has 31 heavy (non-hydrogen) atoms. The third kappa shape index (κ3) is 6.71. The van der Waals surface area contributed by atoms with E-state index >= 15 is 0 Å². The molecule has 5 heteroatoms. The highest BCUT2D eigenvalue weighted by atomic mass is 16.6. The van der Waals surface area contributed by atoms with Crippen molar-refractivity contribution in [2.24, 2.45) is 5.16 Å². The Kier molecular flexibility index (Phi) is 7.82. The second-order valence-electron chi connectivity index (χ2n) is 7.24. The fraction of sp³-hybridized carbons (Fsp3) is 0.231. The molecule has 3 aromatic rings. The zero-order valence-corrected chi connectivity index (χ0v) is 17.9. The molecule has 0 aliphatic carbocycles. The second kappa shape index (κ2) is 11.0. The van der Waals surface area contributed by atoms with Crippen LogP contribution < -0.4 is 4.74 Å². The largest absolute Gasteiger partial charge is 0.490 e. The summed E-state index contributed by atoms with van der Waals surface area (Å²) in [5.41, 5.74) is 6.21. The molecule has 1 N–H and O–H groups in total. The molecule has 0 aliphatic heterocycles. The highest BCUT2D eigenvalue weighted by Gasteiger charge is 2.05. The SMILES string of the molecule is CCC(=NOCCOc1cccc(CC(=O)O)c1)c1ccc(-c2cccc(C)c2)cc1. The fourth-order valence-electron chi connectivity index (χ4n) is 3.24. The van der Waals surface area contributed by atoms with E-state index in [4.69, 9.17) is 14.7 Å². The number of aliphatic carboxylic acids is 1. The van der Waals surface area contributed by atoms with Crippen LogP contribution in [-0.4, -0.2) is 30.0 Å². The molecule has 0 amide bonds. The first kappa shape index (κ1) is 22.1. The van der Waals surface area contributed by atoms with Gasteiger partial charge in [-0.15, -0.1) is 0 Å². The number of carboxylic acid groups (broad SMARTS) is 1. The quantitative estimate of drug-likeness (QED) is 0.269. The number of rotatable bonds is 10. The van der Waals surface area contributed by atoms with Crippen molar-refractivity contribution >= 4 is 11.7 Å². The van der Waals surface area contributed by atoms with Crippen molar-refractivity contribution in [3.63, 3.8) is 0 Å². The molecule has 0 unspecified atom stereocenters. The third-order valence-corrected chi connectivity index (χ3v) is 4.78. The second-order valence-corrected chi connectivity index (χ2v) is 7.24. The van der Waals surface area contributed by atoms with E-state index in [1.807, 2.05) is 6.92 Å². The standard InChI is InChI=1S/C26H27NO4/c1-3-25(22-12-10-21(11-13-22)23-8-4-6-19(2)16-23)27-31-15-14-30-24-9-5-7-20(17-24)18-26(28)29/h4-13,16-17H,3,14-15,18H2,1-2H3,(H,28,29). The first-order valence-corrected chi connectivity index (χ1v) is 10.3. The monoisotopic (exact) mass is 417 g/mol. The molecule has 0 atom stereocenters. The van der Waals surface area contributed by atoms with E-state index in [0.29, 0.717) is 24.5 Å². The van der Waals surface area contributed by atoms with Gasteiger partial charge in [0.1, 0.15) is 12.4 Å². The number of hydrogen-bond donors (Lipinski definition) is 1. The Morgan fingerprint density at radius 1 is 0.935 bits per heavy atom. The lowest BCUT2D eigenvalue weighted by molar-refractivity contribution is -0.136. The van der Waals surface area contributed by atoms with Crippen LogP contribution in [0.15, 0.2) is 78.0 Å². The molecule has 5 nitrogen and oxygen atoms in total. The summed E-state index contributed by atoms with van der Waals surface area (Å²) < 4.78 is 5.64. The molecule has 0 spiro atoms. The Bertz CT molecular complexity index is 1040. The number of nitrogens with zero attached hydrogens (tertiary/aromatic N) is 1. The Balaban J connectivity index is 1.53. The van der Waals surface area contributed by atoms with Gasteiger partial charge >= 0.3 is 5.97 Å². The van der Waals surface area contributed by atoms with Crippen LogP contribution in [-0.2, 0) is 16.1 Å². The lowest BCUT2D eigenvalue weighted by atomic mass is 10.0. The number of carboxylic acids is 1. The van der Waals surface area contributed by atoms with Crippen molar-refractivity contribution in [2.45, 2.75) is 26.7 Å². The lowest BCUT2D eigenvalue weighted by Gasteiger charge is -2.09. The minimum Gasteiger partial charge on any atom is -0.490 e. The van der Waals surface area contributed by atoms with Gasteiger partial charge in [0.2, 0.25) is 0 Å². The molecule has 0 fully saturated rings. The third-order valence-electron chi connectivity index (χ3n) is 4.78. The van der Waals surface area contributed by atoms with Crippen molar-refractivity contribution in [3.8, 4) is 16.9 Å². The summed E-state index contributed by atoms with van der Waals surface area (Å²) in [5, 5.41) is 13.2. The number of hydrogen-bond acceptors (Lipinski definition) is 4. The predicted octanol–water partition coefficient (Wildman–Crippen LogP) is 5.50. The minimum atomic E-state index is -0.867. The van der Waals surface area contributed by atoms with E-state index in [1.54, 1.807) is 24.3 Å². The van der Waals surface area contributed by atoms with Crippen molar-refractivity contribution in [2.75, 3.05) is 13.2 Å². The van der Waals surface area contributed by atoms with Crippen LogP contribution in [0.25, 0.3) is 11.1 Å². The van der Waals surface area contributed by atoms with E-state index in [1.165, 1.54) is 16.7 Å². The first-order chi connectivity index (χ1) is 15.0. The van der Waals surface area contributed by atoms with Gasteiger partial charge in [-0.2, -0.15) is 0 Å². The number of benzene rings is 3. The molecule has 0 bridgehead atoms. The van der Waals surface area contributed by atoms with Crippen LogP contribution in [0.1, 0.15) is 30.0 Å². The summed E-state index contributed by atoms with van der Waals surface area (Å²) in [6.07, 6.45) is 0.725. The van der Waals surface area contributed by atoms with Gasteiger partial charge in [-0.05, 0) is 47.7 Å². The maximum Gasteiger partial charge on any atom is 0.307 e. The summed E-state index contributed by atoms with van der Waals surface area (Å²) in [6.45, 7) is 4.76. The average molecular weight is 418 g/mol. The number of oxime groups is 1. The van der Waals surface area contributed by atoms with Crippen LogP contribution in [0.3, 0.4) is 0 Å². The number of carbonyl (C=O) groups is 1. The first-order valence-electron chi connectivity index (χ1n) is 10.3. The van der Waals surface area contributed by atoms with Gasteiger partial charge in [0.05, 0.1) is 12.1 Å². The average Bonchev–Trinajstić information content (AvgIpc) is 2.76. The van der Waals surface area contributed by atoms with Gasteiger partial charge in [0.25, 0.3) is 0 Å². The molecular weight excluding hydrogens is 390 g/mol. The van der Waals surface area contributed by atoms with Gasteiger partial charge < -0.3 is 14.7 Å². The van der Waals surface area contributed by atoms with Gasteiger partial charge in [-0.3, -0.25) is 4.79 Å². The highest BCUT2D eigenvalue weighted by Crippen LogP contribution is 2.21. The van der Waals surface area contributed by atoms with E-state index < -0.39 is 5.97 Å². The molecule has 0 aromatic heterocycles. The summed E-state index contributed by atoms with van der Waals surface area (Å²) in [5.74, 6) is -0.248. The Morgan fingerprint density at radius 3 is 2.42 bits per heavy atom. The van der Waals surface area contributed by atoms with Crippen LogP contribution in [0.4, 0.5) is 0 Å². The molecule has 0 saturated carbocycles. The molecule has 3 aromatic carbocycles. The van der Waals surface area contributed by atoms with E-state index in [0.717, 1.165) is 17.7 Å². The van der Waals surface area contributed by atoms with Crippen molar-refractivity contribution < 1.29 is 19.5 Å². The highest BCUT2D eigenvalue weighted by molar-refractivity contribution is 6.00. The van der Waals surface area contributed by atoms with E-state index in [9.17, 15) is 4.79 Å². The molecule has 0 saturated heterocycles. The minimum absolute atomic E-state index is 0.0273. The molecule has 160 valence electrons.